The Balaban J connectivity index is 1.79. The second kappa shape index (κ2) is 7.34. The molecular weight excluding hydrogens is 307 g/mol. The second-order valence-electron chi connectivity index (χ2n) is 4.72. The maximum Gasteiger partial charge on any atom is 0.319 e. The molecule has 0 atom stereocenters. The van der Waals surface area contributed by atoms with Gasteiger partial charge in [-0.3, -0.25) is 0 Å². The van der Waals surface area contributed by atoms with E-state index in [0.29, 0.717) is 22.3 Å². The van der Waals surface area contributed by atoms with E-state index in [1.807, 2.05) is 43.3 Å². The van der Waals surface area contributed by atoms with Crippen molar-refractivity contribution in [2.75, 3.05) is 11.9 Å². The number of hydrogen-bond donors (Lipinski definition) is 2. The van der Waals surface area contributed by atoms with Crippen molar-refractivity contribution >= 4 is 34.9 Å². The number of carbonyl (C=O) groups excluding carboxylic acids is 1. The van der Waals surface area contributed by atoms with E-state index in [1.165, 1.54) is 0 Å². The van der Waals surface area contributed by atoms with E-state index in [-0.39, 0.29) is 6.03 Å². The van der Waals surface area contributed by atoms with Gasteiger partial charge in [-0.25, -0.2) is 4.79 Å². The number of hydrogen-bond acceptors (Lipinski definition) is 1. The average Bonchev–Trinajstić information content (AvgIpc) is 2.45. The minimum absolute atomic E-state index is 0.246. The van der Waals surface area contributed by atoms with Crippen LogP contribution in [0.5, 0.6) is 0 Å². The van der Waals surface area contributed by atoms with Crippen molar-refractivity contribution in [3.8, 4) is 0 Å². The van der Waals surface area contributed by atoms with Gasteiger partial charge in [-0.15, -0.1) is 0 Å². The fourth-order valence-electron chi connectivity index (χ4n) is 1.82. The van der Waals surface area contributed by atoms with Gasteiger partial charge in [0.15, 0.2) is 0 Å². The highest BCUT2D eigenvalue weighted by atomic mass is 35.5. The summed E-state index contributed by atoms with van der Waals surface area (Å²) in [7, 11) is 0. The Morgan fingerprint density at radius 1 is 1.10 bits per heavy atom. The minimum Gasteiger partial charge on any atom is -0.338 e. The first kappa shape index (κ1) is 15.7. The molecule has 2 aromatic rings. The highest BCUT2D eigenvalue weighted by Gasteiger charge is 2.03. The van der Waals surface area contributed by atoms with Gasteiger partial charge in [0.05, 0.1) is 0 Å². The molecule has 0 saturated carbocycles. The van der Waals surface area contributed by atoms with Crippen LogP contribution in [0.1, 0.15) is 11.1 Å². The fourth-order valence-corrected chi connectivity index (χ4v) is 2.12. The average molecular weight is 323 g/mol. The first-order valence-corrected chi connectivity index (χ1v) is 7.35. The SMILES string of the molecule is Cc1ccc(NC(=O)NCCc2ccc(Cl)cc2)cc1Cl. The molecule has 2 N–H and O–H groups in total. The highest BCUT2D eigenvalue weighted by molar-refractivity contribution is 6.31. The molecule has 0 aromatic heterocycles. The molecule has 2 aromatic carbocycles. The van der Waals surface area contributed by atoms with Crippen molar-refractivity contribution in [1.29, 1.82) is 0 Å². The standard InChI is InChI=1S/C16H16Cl2N2O/c1-11-2-7-14(10-15(11)18)20-16(21)19-9-8-12-3-5-13(17)6-4-12/h2-7,10H,8-9H2,1H3,(H2,19,20,21). The summed E-state index contributed by atoms with van der Waals surface area (Å²) in [6.45, 7) is 2.46. The number of amides is 2. The van der Waals surface area contributed by atoms with Crippen molar-refractivity contribution in [2.45, 2.75) is 13.3 Å². The van der Waals surface area contributed by atoms with Crippen LogP contribution in [0.25, 0.3) is 0 Å². The number of nitrogens with one attached hydrogen (secondary N) is 2. The van der Waals surface area contributed by atoms with Crippen LogP contribution in [-0.4, -0.2) is 12.6 Å². The molecule has 0 heterocycles. The third kappa shape index (κ3) is 4.96. The van der Waals surface area contributed by atoms with Crippen molar-refractivity contribution in [3.63, 3.8) is 0 Å². The van der Waals surface area contributed by atoms with Crippen LogP contribution in [0.15, 0.2) is 42.5 Å². The molecule has 5 heteroatoms. The Labute approximate surface area is 134 Å². The Hall–Kier alpha value is -1.71. The fraction of sp³-hybridized carbons (Fsp3) is 0.188. The third-order valence-corrected chi connectivity index (χ3v) is 3.70. The summed E-state index contributed by atoms with van der Waals surface area (Å²) in [5, 5.41) is 6.89. The molecule has 2 amide bonds. The lowest BCUT2D eigenvalue weighted by atomic mass is 10.1. The summed E-state index contributed by atoms with van der Waals surface area (Å²) in [6.07, 6.45) is 0.749. The lowest BCUT2D eigenvalue weighted by Gasteiger charge is -2.09. The Bertz CT molecular complexity index is 627. The van der Waals surface area contributed by atoms with E-state index in [0.717, 1.165) is 17.5 Å². The summed E-state index contributed by atoms with van der Waals surface area (Å²) < 4.78 is 0. The summed E-state index contributed by atoms with van der Waals surface area (Å²) in [6, 6.07) is 12.7. The van der Waals surface area contributed by atoms with Crippen LogP contribution in [0.3, 0.4) is 0 Å². The van der Waals surface area contributed by atoms with E-state index in [2.05, 4.69) is 10.6 Å². The van der Waals surface area contributed by atoms with Gasteiger partial charge in [-0.1, -0.05) is 41.4 Å². The largest absolute Gasteiger partial charge is 0.338 e. The number of anilines is 1. The van der Waals surface area contributed by atoms with E-state index >= 15 is 0 Å². The molecule has 21 heavy (non-hydrogen) atoms. The molecule has 0 unspecified atom stereocenters. The van der Waals surface area contributed by atoms with Crippen LogP contribution < -0.4 is 10.6 Å². The molecule has 0 bridgehead atoms. The van der Waals surface area contributed by atoms with E-state index in [9.17, 15) is 4.79 Å². The first-order valence-electron chi connectivity index (χ1n) is 6.60. The molecule has 3 nitrogen and oxygen atoms in total. The topological polar surface area (TPSA) is 41.1 Å². The molecule has 2 rings (SSSR count). The molecule has 0 aliphatic heterocycles. The molecule has 0 spiro atoms. The van der Waals surface area contributed by atoms with Gasteiger partial charge >= 0.3 is 6.03 Å². The van der Waals surface area contributed by atoms with Crippen LogP contribution >= 0.6 is 23.2 Å². The van der Waals surface area contributed by atoms with Gasteiger partial charge in [0.25, 0.3) is 0 Å². The molecule has 0 saturated heterocycles. The highest BCUT2D eigenvalue weighted by Crippen LogP contribution is 2.19. The van der Waals surface area contributed by atoms with Gasteiger partial charge in [0, 0.05) is 22.3 Å². The van der Waals surface area contributed by atoms with Crippen LogP contribution in [0, 0.1) is 6.92 Å². The number of carbonyl (C=O) groups is 1. The molecule has 0 fully saturated rings. The van der Waals surface area contributed by atoms with Crippen molar-refractivity contribution in [2.24, 2.45) is 0 Å². The minimum atomic E-state index is -0.246. The van der Waals surface area contributed by atoms with Crippen LogP contribution in [0.2, 0.25) is 10.0 Å². The second-order valence-corrected chi connectivity index (χ2v) is 5.56. The van der Waals surface area contributed by atoms with E-state index < -0.39 is 0 Å². The number of urea groups is 1. The lowest BCUT2D eigenvalue weighted by molar-refractivity contribution is 0.252. The Morgan fingerprint density at radius 2 is 1.81 bits per heavy atom. The van der Waals surface area contributed by atoms with E-state index in [4.69, 9.17) is 23.2 Å². The Kier molecular flexibility index (Phi) is 5.48. The normalized spacial score (nSPS) is 10.2. The first-order chi connectivity index (χ1) is 10.0. The molecule has 0 radical (unpaired) electrons. The van der Waals surface area contributed by atoms with Gasteiger partial charge in [0.1, 0.15) is 0 Å². The monoisotopic (exact) mass is 322 g/mol. The van der Waals surface area contributed by atoms with Crippen LogP contribution in [-0.2, 0) is 6.42 Å². The van der Waals surface area contributed by atoms with Crippen molar-refractivity contribution in [1.82, 2.24) is 5.32 Å². The summed E-state index contributed by atoms with van der Waals surface area (Å²) in [5.41, 5.74) is 2.78. The summed E-state index contributed by atoms with van der Waals surface area (Å²) in [4.78, 5) is 11.8. The maximum atomic E-state index is 11.8. The van der Waals surface area contributed by atoms with E-state index in [1.54, 1.807) is 6.07 Å². The maximum absolute atomic E-state index is 11.8. The van der Waals surface area contributed by atoms with Gasteiger partial charge < -0.3 is 10.6 Å². The van der Waals surface area contributed by atoms with Crippen molar-refractivity contribution < 1.29 is 4.79 Å². The number of benzene rings is 2. The number of rotatable bonds is 4. The zero-order chi connectivity index (χ0) is 15.2. The predicted octanol–water partition coefficient (Wildman–Crippen LogP) is 4.67. The Morgan fingerprint density at radius 3 is 2.48 bits per heavy atom. The third-order valence-electron chi connectivity index (χ3n) is 3.04. The predicted molar refractivity (Wildman–Crippen MR) is 88.4 cm³/mol. The van der Waals surface area contributed by atoms with Crippen molar-refractivity contribution in [3.05, 3.63) is 63.6 Å². The van der Waals surface area contributed by atoms with Gasteiger partial charge in [-0.05, 0) is 48.7 Å². The molecular formula is C16H16Cl2N2O. The molecule has 0 aliphatic carbocycles. The summed E-state index contributed by atoms with van der Waals surface area (Å²) >= 11 is 11.8. The number of halogens is 2. The van der Waals surface area contributed by atoms with Gasteiger partial charge in [0.2, 0.25) is 0 Å². The summed E-state index contributed by atoms with van der Waals surface area (Å²) in [5.74, 6) is 0. The molecule has 0 aliphatic rings. The molecule has 110 valence electrons. The van der Waals surface area contributed by atoms with Crippen LogP contribution in [0.4, 0.5) is 10.5 Å². The quantitative estimate of drug-likeness (QED) is 0.844. The number of aryl methyl sites for hydroxylation is 1. The van der Waals surface area contributed by atoms with Gasteiger partial charge in [-0.2, -0.15) is 0 Å². The zero-order valence-corrected chi connectivity index (χ0v) is 13.1. The smallest absolute Gasteiger partial charge is 0.319 e. The lowest BCUT2D eigenvalue weighted by Crippen LogP contribution is -2.30. The zero-order valence-electron chi connectivity index (χ0n) is 11.6.